The van der Waals surface area contributed by atoms with Crippen molar-refractivity contribution in [3.05, 3.63) is 35.9 Å². The van der Waals surface area contributed by atoms with Gasteiger partial charge in [-0.25, -0.2) is 0 Å². The van der Waals surface area contributed by atoms with E-state index in [4.69, 9.17) is 0 Å². The number of hydrogen-bond donors (Lipinski definition) is 1. The van der Waals surface area contributed by atoms with E-state index in [1.807, 2.05) is 30.3 Å². The molecule has 1 aromatic rings. The van der Waals surface area contributed by atoms with Crippen LogP contribution in [0.3, 0.4) is 0 Å². The third-order valence-corrected chi connectivity index (χ3v) is 5.61. The predicted molar refractivity (Wildman–Crippen MR) is 101 cm³/mol. The van der Waals surface area contributed by atoms with Crippen LogP contribution in [0.1, 0.15) is 45.1 Å². The number of aliphatic hydroxyl groups is 1. The largest absolute Gasteiger partial charge is 0.389 e. The summed E-state index contributed by atoms with van der Waals surface area (Å²) in [5, 5.41) is 10.4. The van der Waals surface area contributed by atoms with E-state index in [0.717, 1.165) is 31.2 Å². The number of β-amino-alcohol motifs (C(OH)–C–C–N with tert-alkyl or cyclic N) is 1. The molecule has 0 aromatic heterocycles. The maximum Gasteiger partial charge on any atom is 0.242 e. The van der Waals surface area contributed by atoms with Crippen LogP contribution in [0.15, 0.2) is 30.3 Å². The number of carbonyl (C=O) groups is 2. The van der Waals surface area contributed by atoms with E-state index in [0.29, 0.717) is 19.0 Å². The summed E-state index contributed by atoms with van der Waals surface area (Å²) >= 11 is 0. The molecule has 1 heterocycles. The molecule has 2 amide bonds. The molecule has 1 aliphatic heterocycles. The quantitative estimate of drug-likeness (QED) is 0.897. The van der Waals surface area contributed by atoms with E-state index >= 15 is 0 Å². The van der Waals surface area contributed by atoms with Crippen LogP contribution in [0, 0.1) is 5.92 Å². The Kier molecular flexibility index (Phi) is 5.66. The highest BCUT2D eigenvalue weighted by atomic mass is 16.3. The highest BCUT2D eigenvalue weighted by Crippen LogP contribution is 2.42. The summed E-state index contributed by atoms with van der Waals surface area (Å²) in [6.45, 7) is 5.32. The topological polar surface area (TPSA) is 60.9 Å². The number of nitrogens with zero attached hydrogens (tertiary/aromatic N) is 2. The third kappa shape index (κ3) is 3.78. The fraction of sp³-hybridized carbons (Fsp3) is 0.619. The van der Waals surface area contributed by atoms with Crippen LogP contribution >= 0.6 is 0 Å². The molecule has 5 nitrogen and oxygen atoms in total. The number of rotatable bonds is 4. The molecule has 1 saturated heterocycles. The molecule has 2 aliphatic rings. The number of benzene rings is 1. The molecule has 1 aromatic carbocycles. The molecule has 1 aliphatic carbocycles. The maximum atomic E-state index is 13.5. The Bertz CT molecular complexity index is 638. The van der Waals surface area contributed by atoms with Gasteiger partial charge in [-0.15, -0.1) is 0 Å². The first-order chi connectivity index (χ1) is 12.4. The van der Waals surface area contributed by atoms with Gasteiger partial charge in [0.25, 0.3) is 0 Å². The number of carbonyl (C=O) groups excluding carboxylic acids is 2. The second-order valence-electron chi connectivity index (χ2n) is 8.19. The van der Waals surface area contributed by atoms with Crippen molar-refractivity contribution in [3.8, 4) is 0 Å². The smallest absolute Gasteiger partial charge is 0.242 e. The summed E-state index contributed by atoms with van der Waals surface area (Å²) in [5.41, 5.74) is 0.488. The van der Waals surface area contributed by atoms with Crippen molar-refractivity contribution in [1.82, 2.24) is 9.80 Å². The van der Waals surface area contributed by atoms with Gasteiger partial charge in [-0.3, -0.25) is 9.59 Å². The summed E-state index contributed by atoms with van der Waals surface area (Å²) in [6, 6.07) is 9.93. The Balaban J connectivity index is 1.85. The molecule has 1 atom stereocenters. The molecule has 26 heavy (non-hydrogen) atoms. The van der Waals surface area contributed by atoms with Crippen molar-refractivity contribution in [3.63, 3.8) is 0 Å². The fourth-order valence-electron chi connectivity index (χ4n) is 4.43. The zero-order valence-corrected chi connectivity index (χ0v) is 15.9. The van der Waals surface area contributed by atoms with Crippen molar-refractivity contribution in [2.24, 2.45) is 5.92 Å². The van der Waals surface area contributed by atoms with Gasteiger partial charge in [-0.1, -0.05) is 57.0 Å². The van der Waals surface area contributed by atoms with Crippen molar-refractivity contribution >= 4 is 11.8 Å². The highest BCUT2D eigenvalue weighted by molar-refractivity contribution is 5.92. The standard InChI is InChI=1S/C21H30N2O3/c1-16(2)12-22-13-18(24)14-23(15-19(22)25)20(26)21(10-6-7-11-21)17-8-4-3-5-9-17/h3-5,8-9,16,18,24H,6-7,10-15H2,1-2H3. The van der Waals surface area contributed by atoms with Gasteiger partial charge in [0.2, 0.25) is 11.8 Å². The molecule has 1 saturated carbocycles. The van der Waals surface area contributed by atoms with Gasteiger partial charge in [0, 0.05) is 19.6 Å². The van der Waals surface area contributed by atoms with E-state index < -0.39 is 11.5 Å². The Morgan fingerprint density at radius 1 is 1.19 bits per heavy atom. The lowest BCUT2D eigenvalue weighted by atomic mass is 9.77. The van der Waals surface area contributed by atoms with Crippen molar-refractivity contribution < 1.29 is 14.7 Å². The Morgan fingerprint density at radius 2 is 1.85 bits per heavy atom. The predicted octanol–water partition coefficient (Wildman–Crippen LogP) is 2.19. The fourth-order valence-corrected chi connectivity index (χ4v) is 4.43. The molecule has 5 heteroatoms. The van der Waals surface area contributed by atoms with Gasteiger partial charge in [0.05, 0.1) is 18.1 Å². The lowest BCUT2D eigenvalue weighted by Crippen LogP contribution is -2.49. The van der Waals surface area contributed by atoms with Crippen molar-refractivity contribution in [1.29, 1.82) is 0 Å². The van der Waals surface area contributed by atoms with Gasteiger partial charge in [-0.2, -0.15) is 0 Å². The van der Waals surface area contributed by atoms with Crippen molar-refractivity contribution in [2.75, 3.05) is 26.2 Å². The molecule has 0 radical (unpaired) electrons. The Labute approximate surface area is 156 Å². The molecule has 0 bridgehead atoms. The average Bonchev–Trinajstić information content (AvgIpc) is 3.06. The van der Waals surface area contributed by atoms with Crippen LogP contribution in [0.4, 0.5) is 0 Å². The first-order valence-electron chi connectivity index (χ1n) is 9.73. The number of amides is 2. The Hall–Kier alpha value is -1.88. The van der Waals surface area contributed by atoms with Crippen molar-refractivity contribution in [2.45, 2.75) is 51.0 Å². The molecule has 1 unspecified atom stereocenters. The monoisotopic (exact) mass is 358 g/mol. The van der Waals surface area contributed by atoms with E-state index in [2.05, 4.69) is 13.8 Å². The zero-order chi connectivity index (χ0) is 18.7. The molecule has 1 N–H and O–H groups in total. The second kappa shape index (κ2) is 7.78. The Morgan fingerprint density at radius 3 is 2.46 bits per heavy atom. The molecule has 0 spiro atoms. The minimum absolute atomic E-state index is 0.00000283. The SMILES string of the molecule is CC(C)CN1CC(O)CN(C(=O)C2(c3ccccc3)CCCC2)CC1=O. The first kappa shape index (κ1) is 18.9. The third-order valence-electron chi connectivity index (χ3n) is 5.61. The minimum Gasteiger partial charge on any atom is -0.389 e. The van der Waals surface area contributed by atoms with Crippen LogP contribution < -0.4 is 0 Å². The number of hydrogen-bond acceptors (Lipinski definition) is 3. The van der Waals surface area contributed by atoms with Gasteiger partial charge < -0.3 is 14.9 Å². The van der Waals surface area contributed by atoms with E-state index in [9.17, 15) is 14.7 Å². The summed E-state index contributed by atoms with van der Waals surface area (Å²) < 4.78 is 0. The lowest BCUT2D eigenvalue weighted by molar-refractivity contribution is -0.142. The minimum atomic E-state index is -0.696. The average molecular weight is 358 g/mol. The summed E-state index contributed by atoms with van der Waals surface area (Å²) in [4.78, 5) is 29.5. The summed E-state index contributed by atoms with van der Waals surface area (Å²) in [6.07, 6.45) is 2.96. The number of aliphatic hydroxyl groups excluding tert-OH is 1. The normalized spacial score (nSPS) is 23.4. The molecule has 142 valence electrons. The van der Waals surface area contributed by atoms with Gasteiger partial charge in [0.1, 0.15) is 0 Å². The van der Waals surface area contributed by atoms with E-state index in [1.54, 1.807) is 9.80 Å². The zero-order valence-electron chi connectivity index (χ0n) is 15.9. The second-order valence-corrected chi connectivity index (χ2v) is 8.19. The van der Waals surface area contributed by atoms with E-state index in [-0.39, 0.29) is 24.9 Å². The molecular weight excluding hydrogens is 328 g/mol. The molecule has 2 fully saturated rings. The lowest BCUT2D eigenvalue weighted by Gasteiger charge is -2.34. The highest BCUT2D eigenvalue weighted by Gasteiger charge is 2.46. The van der Waals surface area contributed by atoms with E-state index in [1.165, 1.54) is 0 Å². The first-order valence-corrected chi connectivity index (χ1v) is 9.73. The summed E-state index contributed by atoms with van der Waals surface area (Å²) in [5.74, 6) is 0.267. The van der Waals surface area contributed by atoms with Gasteiger partial charge in [-0.05, 0) is 24.3 Å². The maximum absolute atomic E-state index is 13.5. The summed E-state index contributed by atoms with van der Waals surface area (Å²) in [7, 11) is 0. The molecule has 3 rings (SSSR count). The van der Waals surface area contributed by atoms with Crippen LogP contribution in [0.2, 0.25) is 0 Å². The van der Waals surface area contributed by atoms with Crippen LogP contribution in [0.5, 0.6) is 0 Å². The van der Waals surface area contributed by atoms with Crippen LogP contribution in [0.25, 0.3) is 0 Å². The van der Waals surface area contributed by atoms with Gasteiger partial charge >= 0.3 is 0 Å². The van der Waals surface area contributed by atoms with Crippen LogP contribution in [-0.2, 0) is 15.0 Å². The molecular formula is C21H30N2O3. The van der Waals surface area contributed by atoms with Crippen LogP contribution in [-0.4, -0.2) is 59.0 Å². The van der Waals surface area contributed by atoms with Gasteiger partial charge in [0.15, 0.2) is 0 Å².